The third-order valence-electron chi connectivity index (χ3n) is 5.42. The van der Waals surface area contributed by atoms with Crippen LogP contribution in [0.25, 0.3) is 0 Å². The first-order chi connectivity index (χ1) is 12.2. The van der Waals surface area contributed by atoms with Crippen molar-refractivity contribution in [3.63, 3.8) is 0 Å². The summed E-state index contributed by atoms with van der Waals surface area (Å²) in [4.78, 5) is 20.3. The van der Waals surface area contributed by atoms with Gasteiger partial charge in [-0.1, -0.05) is 19.9 Å². The first kappa shape index (κ1) is 17.5. The second-order valence-electron chi connectivity index (χ2n) is 8.41. The Morgan fingerprint density at radius 1 is 1.27 bits per heavy atom. The van der Waals surface area contributed by atoms with E-state index in [4.69, 9.17) is 0 Å². The molecule has 0 bridgehead atoms. The van der Waals surface area contributed by atoms with Gasteiger partial charge >= 0.3 is 0 Å². The summed E-state index contributed by atoms with van der Waals surface area (Å²) < 4.78 is 25.5. The van der Waals surface area contributed by atoms with Crippen LogP contribution in [0.3, 0.4) is 0 Å². The highest BCUT2D eigenvalue weighted by molar-refractivity contribution is 7.92. The Morgan fingerprint density at radius 2 is 2.00 bits per heavy atom. The monoisotopic (exact) mass is 372 g/mol. The number of ketones is 1. The maximum atomic E-state index is 12.8. The van der Waals surface area contributed by atoms with E-state index in [1.54, 1.807) is 6.07 Å². The lowest BCUT2D eigenvalue weighted by Crippen LogP contribution is -2.27. The second kappa shape index (κ2) is 5.78. The molecule has 6 heteroatoms. The number of hydrogen-bond acceptors (Lipinski definition) is 4. The van der Waals surface area contributed by atoms with Crippen LogP contribution in [0.4, 0.5) is 0 Å². The van der Waals surface area contributed by atoms with Crippen LogP contribution in [-0.4, -0.2) is 29.4 Å². The Hall–Kier alpha value is -1.95. The molecule has 4 rings (SSSR count). The fourth-order valence-corrected chi connectivity index (χ4v) is 5.82. The van der Waals surface area contributed by atoms with Gasteiger partial charge in [-0.3, -0.25) is 4.79 Å². The summed E-state index contributed by atoms with van der Waals surface area (Å²) >= 11 is 0. The van der Waals surface area contributed by atoms with Crippen LogP contribution in [0, 0.1) is 12.3 Å². The molecular formula is C20H24N2O3S. The Morgan fingerprint density at radius 3 is 2.69 bits per heavy atom. The van der Waals surface area contributed by atoms with E-state index in [0.29, 0.717) is 31.2 Å². The number of hydrogen-bond donors (Lipinski definition) is 1. The van der Waals surface area contributed by atoms with Gasteiger partial charge < -0.3 is 4.98 Å². The van der Waals surface area contributed by atoms with Gasteiger partial charge in [-0.25, -0.2) is 13.4 Å². The van der Waals surface area contributed by atoms with Crippen molar-refractivity contribution in [2.45, 2.75) is 63.2 Å². The molecule has 1 saturated carbocycles. The van der Waals surface area contributed by atoms with Crippen LogP contribution >= 0.6 is 0 Å². The van der Waals surface area contributed by atoms with Gasteiger partial charge in [0.25, 0.3) is 0 Å². The summed E-state index contributed by atoms with van der Waals surface area (Å²) in [6.45, 7) is 6.16. The zero-order chi connectivity index (χ0) is 18.7. The number of aryl methyl sites for hydroxylation is 1. The van der Waals surface area contributed by atoms with Crippen molar-refractivity contribution in [3.8, 4) is 0 Å². The second-order valence-corrected chi connectivity index (χ2v) is 10.6. The van der Waals surface area contributed by atoms with Crippen molar-refractivity contribution >= 4 is 15.6 Å². The van der Waals surface area contributed by atoms with Crippen LogP contribution in [-0.2, 0) is 22.7 Å². The fraction of sp³-hybridized carbons (Fsp3) is 0.500. The lowest BCUT2D eigenvalue weighted by molar-refractivity contribution is 0.0911. The molecule has 0 aromatic carbocycles. The summed E-state index contributed by atoms with van der Waals surface area (Å²) in [6, 6.07) is 3.58. The number of aromatic amines is 1. The van der Waals surface area contributed by atoms with Crippen LogP contribution < -0.4 is 0 Å². The van der Waals surface area contributed by atoms with Gasteiger partial charge in [0.1, 0.15) is 0 Å². The van der Waals surface area contributed by atoms with E-state index in [1.807, 2.05) is 13.0 Å². The fourth-order valence-electron chi connectivity index (χ4n) is 4.03. The molecule has 1 fully saturated rings. The van der Waals surface area contributed by atoms with Crippen LogP contribution in [0.1, 0.15) is 66.0 Å². The largest absolute Gasteiger partial charge is 0.362 e. The molecule has 2 aliphatic rings. The number of Topliss-reactive ketones (excluding diaryl/α,β-unsaturated/α-hetero) is 1. The molecule has 0 spiro atoms. The normalized spacial score (nSPS) is 19.4. The molecule has 26 heavy (non-hydrogen) atoms. The van der Waals surface area contributed by atoms with Crippen molar-refractivity contribution in [1.29, 1.82) is 0 Å². The van der Waals surface area contributed by atoms with Crippen LogP contribution in [0.5, 0.6) is 0 Å². The maximum Gasteiger partial charge on any atom is 0.198 e. The highest BCUT2D eigenvalue weighted by Crippen LogP contribution is 2.39. The van der Waals surface area contributed by atoms with Gasteiger partial charge in [0.05, 0.1) is 5.25 Å². The van der Waals surface area contributed by atoms with E-state index in [-0.39, 0.29) is 21.5 Å². The lowest BCUT2D eigenvalue weighted by Gasteiger charge is -2.28. The molecule has 0 radical (unpaired) electrons. The van der Waals surface area contributed by atoms with Crippen molar-refractivity contribution in [2.75, 3.05) is 0 Å². The smallest absolute Gasteiger partial charge is 0.198 e. The van der Waals surface area contributed by atoms with Gasteiger partial charge in [-0.05, 0) is 48.8 Å². The van der Waals surface area contributed by atoms with Crippen LogP contribution in [0.2, 0.25) is 0 Å². The van der Waals surface area contributed by atoms with E-state index in [2.05, 4.69) is 23.8 Å². The number of fused-ring (bicyclic) bond motifs is 1. The Kier molecular flexibility index (Phi) is 3.88. The Balaban J connectivity index is 1.77. The van der Waals surface area contributed by atoms with Gasteiger partial charge in [-0.15, -0.1) is 0 Å². The van der Waals surface area contributed by atoms with Crippen LogP contribution in [0.15, 0.2) is 23.4 Å². The van der Waals surface area contributed by atoms with Gasteiger partial charge in [0.2, 0.25) is 0 Å². The van der Waals surface area contributed by atoms with Crippen molar-refractivity contribution in [1.82, 2.24) is 9.97 Å². The number of carbonyl (C=O) groups is 1. The molecule has 2 heterocycles. The standard InChI is InChI=1S/C20H24N2O3S/c1-12-15(18-16(22-12)10-20(2,3)11-17(18)23)9-13-5-4-8-21-19(13)26(24,25)14-6-7-14/h4-5,8,14,22H,6-7,9-11H2,1-3H3. The summed E-state index contributed by atoms with van der Waals surface area (Å²) in [5.41, 5.74) is 4.24. The number of nitrogens with one attached hydrogen (secondary N) is 1. The minimum Gasteiger partial charge on any atom is -0.362 e. The summed E-state index contributed by atoms with van der Waals surface area (Å²) in [5.74, 6) is 0.145. The lowest BCUT2D eigenvalue weighted by atomic mass is 9.75. The third kappa shape index (κ3) is 2.90. The molecule has 5 nitrogen and oxygen atoms in total. The predicted molar refractivity (Wildman–Crippen MR) is 99.2 cm³/mol. The average molecular weight is 372 g/mol. The predicted octanol–water partition coefficient (Wildman–Crippen LogP) is 3.40. The summed E-state index contributed by atoms with van der Waals surface area (Å²) in [6.07, 6.45) is 4.72. The highest BCUT2D eigenvalue weighted by Gasteiger charge is 2.40. The van der Waals surface area contributed by atoms with E-state index < -0.39 is 9.84 Å². The average Bonchev–Trinajstić information content (AvgIpc) is 3.34. The van der Waals surface area contributed by atoms with E-state index in [9.17, 15) is 13.2 Å². The first-order valence-corrected chi connectivity index (χ1v) is 10.6. The number of aromatic nitrogens is 2. The highest BCUT2D eigenvalue weighted by atomic mass is 32.2. The minimum atomic E-state index is -3.37. The topological polar surface area (TPSA) is 79.9 Å². The zero-order valence-electron chi connectivity index (χ0n) is 15.4. The molecule has 138 valence electrons. The molecule has 0 saturated heterocycles. The zero-order valence-corrected chi connectivity index (χ0v) is 16.2. The molecule has 0 aliphatic heterocycles. The van der Waals surface area contributed by atoms with Gasteiger partial charge in [0.15, 0.2) is 20.6 Å². The SMILES string of the molecule is Cc1[nH]c2c(c1Cc1cccnc1S(=O)(=O)C1CC1)C(=O)CC(C)(C)C2. The Labute approximate surface area is 154 Å². The molecule has 0 unspecified atom stereocenters. The van der Waals surface area contributed by atoms with E-state index in [0.717, 1.165) is 28.9 Å². The molecule has 1 N–H and O–H groups in total. The molecular weight excluding hydrogens is 348 g/mol. The minimum absolute atomic E-state index is 0.0482. The van der Waals surface area contributed by atoms with Crippen molar-refractivity contribution in [2.24, 2.45) is 5.41 Å². The van der Waals surface area contributed by atoms with Crippen molar-refractivity contribution < 1.29 is 13.2 Å². The van der Waals surface area contributed by atoms with E-state index in [1.165, 1.54) is 6.20 Å². The molecule has 2 aromatic rings. The van der Waals surface area contributed by atoms with Gasteiger partial charge in [-0.2, -0.15) is 0 Å². The number of H-pyrrole nitrogens is 1. The summed E-state index contributed by atoms with van der Waals surface area (Å²) in [5, 5.41) is -0.111. The molecule has 2 aromatic heterocycles. The molecule has 0 atom stereocenters. The third-order valence-corrected chi connectivity index (χ3v) is 7.67. The number of carbonyl (C=O) groups excluding carboxylic acids is 1. The molecule has 2 aliphatic carbocycles. The van der Waals surface area contributed by atoms with Gasteiger partial charge in [0, 0.05) is 36.0 Å². The number of sulfone groups is 1. The van der Waals surface area contributed by atoms with E-state index >= 15 is 0 Å². The number of pyridine rings is 1. The number of nitrogens with zero attached hydrogens (tertiary/aromatic N) is 1. The quantitative estimate of drug-likeness (QED) is 0.892. The maximum absolute atomic E-state index is 12.8. The number of rotatable bonds is 4. The molecule has 0 amide bonds. The summed E-state index contributed by atoms with van der Waals surface area (Å²) in [7, 11) is -3.37. The first-order valence-electron chi connectivity index (χ1n) is 9.10. The Bertz CT molecular complexity index is 998. The van der Waals surface area contributed by atoms with Crippen molar-refractivity contribution in [3.05, 3.63) is 46.4 Å².